The predicted molar refractivity (Wildman–Crippen MR) is 101 cm³/mol. The van der Waals surface area contributed by atoms with Crippen LogP contribution in [0.25, 0.3) is 0 Å². The van der Waals surface area contributed by atoms with Crippen LogP contribution in [0.5, 0.6) is 0 Å². The third kappa shape index (κ3) is 4.79. The lowest BCUT2D eigenvalue weighted by molar-refractivity contribution is 0.181. The lowest BCUT2D eigenvalue weighted by Crippen LogP contribution is -2.48. The highest BCUT2D eigenvalue weighted by atomic mass is 19.1. The Bertz CT molecular complexity index is 780. The van der Waals surface area contributed by atoms with Crippen LogP contribution in [0.4, 0.5) is 14.9 Å². The molecule has 0 bridgehead atoms. The Labute approximate surface area is 153 Å². The standard InChI is InChI=1S/C20H25FN4O/c1-14-9-10-19(15(2)22-14)24-20(26)23-17-7-5-11-25(13-17)12-16-6-3-4-8-18(16)21/h3-4,6,8-10,17H,5,7,11-13H2,1-2H3,(H2,23,24,26). The summed E-state index contributed by atoms with van der Waals surface area (Å²) in [6.45, 7) is 5.98. The van der Waals surface area contributed by atoms with Crippen molar-refractivity contribution in [2.75, 3.05) is 18.4 Å². The molecule has 6 heteroatoms. The molecular formula is C20H25FN4O. The number of rotatable bonds is 4. The van der Waals surface area contributed by atoms with Crippen LogP contribution in [0.3, 0.4) is 0 Å². The first kappa shape index (κ1) is 18.3. The van der Waals surface area contributed by atoms with Crippen molar-refractivity contribution in [1.29, 1.82) is 0 Å². The number of halogens is 1. The second-order valence-electron chi connectivity index (χ2n) is 6.85. The number of likely N-dealkylation sites (tertiary alicyclic amines) is 1. The van der Waals surface area contributed by atoms with E-state index in [0.717, 1.165) is 30.8 Å². The van der Waals surface area contributed by atoms with Crippen LogP contribution < -0.4 is 10.6 Å². The molecule has 1 aromatic heterocycles. The summed E-state index contributed by atoms with van der Waals surface area (Å²) < 4.78 is 13.8. The molecule has 2 aromatic rings. The van der Waals surface area contributed by atoms with Gasteiger partial charge in [0.2, 0.25) is 0 Å². The zero-order valence-electron chi connectivity index (χ0n) is 15.3. The van der Waals surface area contributed by atoms with Gasteiger partial charge in [0.15, 0.2) is 0 Å². The quantitative estimate of drug-likeness (QED) is 0.880. The molecule has 0 radical (unpaired) electrons. The van der Waals surface area contributed by atoms with Gasteiger partial charge in [0.05, 0.1) is 11.4 Å². The fourth-order valence-electron chi connectivity index (χ4n) is 3.35. The summed E-state index contributed by atoms with van der Waals surface area (Å²) in [5, 5.41) is 5.89. The van der Waals surface area contributed by atoms with Gasteiger partial charge in [-0.2, -0.15) is 0 Å². The number of carbonyl (C=O) groups is 1. The number of amides is 2. The Morgan fingerprint density at radius 2 is 2.08 bits per heavy atom. The highest BCUT2D eigenvalue weighted by Gasteiger charge is 2.22. The van der Waals surface area contributed by atoms with Crippen LogP contribution in [0.2, 0.25) is 0 Å². The maximum Gasteiger partial charge on any atom is 0.319 e. The number of urea groups is 1. The first-order valence-electron chi connectivity index (χ1n) is 8.99. The topological polar surface area (TPSA) is 57.3 Å². The maximum absolute atomic E-state index is 13.8. The van der Waals surface area contributed by atoms with Gasteiger partial charge in [-0.1, -0.05) is 18.2 Å². The Kier molecular flexibility index (Phi) is 5.83. The molecule has 2 amide bonds. The molecule has 1 aliphatic rings. The third-order valence-corrected chi connectivity index (χ3v) is 4.67. The Balaban J connectivity index is 1.54. The molecule has 3 rings (SSSR count). The van der Waals surface area contributed by atoms with E-state index in [1.165, 1.54) is 6.07 Å². The maximum atomic E-state index is 13.8. The summed E-state index contributed by atoms with van der Waals surface area (Å²) in [6, 6.07) is 10.4. The fourth-order valence-corrected chi connectivity index (χ4v) is 3.35. The van der Waals surface area contributed by atoms with E-state index in [0.29, 0.717) is 24.3 Å². The van der Waals surface area contributed by atoms with Gasteiger partial charge in [0, 0.05) is 30.4 Å². The molecule has 1 aromatic carbocycles. The van der Waals surface area contributed by atoms with Crippen LogP contribution in [0.15, 0.2) is 36.4 Å². The smallest absolute Gasteiger partial charge is 0.319 e. The van der Waals surface area contributed by atoms with E-state index >= 15 is 0 Å². The molecule has 1 unspecified atom stereocenters. The molecule has 1 atom stereocenters. The average Bonchev–Trinajstić information content (AvgIpc) is 2.60. The van der Waals surface area contributed by atoms with Crippen molar-refractivity contribution < 1.29 is 9.18 Å². The van der Waals surface area contributed by atoms with Crippen LogP contribution in [0, 0.1) is 19.7 Å². The Morgan fingerprint density at radius 3 is 2.85 bits per heavy atom. The van der Waals surface area contributed by atoms with E-state index < -0.39 is 0 Å². The van der Waals surface area contributed by atoms with Crippen molar-refractivity contribution in [2.45, 2.75) is 39.3 Å². The Morgan fingerprint density at radius 1 is 1.27 bits per heavy atom. The molecule has 26 heavy (non-hydrogen) atoms. The van der Waals surface area contributed by atoms with E-state index in [2.05, 4.69) is 20.5 Å². The average molecular weight is 356 g/mol. The molecule has 1 saturated heterocycles. The normalized spacial score (nSPS) is 17.7. The van der Waals surface area contributed by atoms with Crippen molar-refractivity contribution in [3.05, 3.63) is 59.2 Å². The first-order valence-corrected chi connectivity index (χ1v) is 8.99. The molecule has 0 aliphatic carbocycles. The minimum absolute atomic E-state index is 0.0502. The van der Waals surface area contributed by atoms with Crippen molar-refractivity contribution in [2.24, 2.45) is 0 Å². The minimum atomic E-state index is -0.225. The summed E-state index contributed by atoms with van der Waals surface area (Å²) in [4.78, 5) is 18.8. The van der Waals surface area contributed by atoms with Gasteiger partial charge in [0.25, 0.3) is 0 Å². The number of piperidine rings is 1. The van der Waals surface area contributed by atoms with Crippen LogP contribution in [-0.2, 0) is 6.54 Å². The molecular weight excluding hydrogens is 331 g/mol. The predicted octanol–water partition coefficient (Wildman–Crippen LogP) is 3.62. The number of anilines is 1. The highest BCUT2D eigenvalue weighted by molar-refractivity contribution is 5.90. The van der Waals surface area contributed by atoms with Crippen molar-refractivity contribution in [1.82, 2.24) is 15.2 Å². The summed E-state index contributed by atoms with van der Waals surface area (Å²) >= 11 is 0. The second kappa shape index (κ2) is 8.27. The molecule has 5 nitrogen and oxygen atoms in total. The summed E-state index contributed by atoms with van der Waals surface area (Å²) in [7, 11) is 0. The van der Waals surface area contributed by atoms with Gasteiger partial charge in [-0.05, 0) is 51.4 Å². The Hall–Kier alpha value is -2.47. The van der Waals surface area contributed by atoms with Crippen molar-refractivity contribution >= 4 is 11.7 Å². The molecule has 2 heterocycles. The van der Waals surface area contributed by atoms with Gasteiger partial charge in [-0.25, -0.2) is 9.18 Å². The van der Waals surface area contributed by atoms with E-state index in [4.69, 9.17) is 0 Å². The monoisotopic (exact) mass is 356 g/mol. The fraction of sp³-hybridized carbons (Fsp3) is 0.400. The SMILES string of the molecule is Cc1ccc(NC(=O)NC2CCCN(Cc3ccccc3F)C2)c(C)n1. The molecule has 138 valence electrons. The molecule has 1 aliphatic heterocycles. The summed E-state index contributed by atoms with van der Waals surface area (Å²) in [5.41, 5.74) is 3.13. The van der Waals surface area contributed by atoms with E-state index in [1.54, 1.807) is 6.07 Å². The molecule has 2 N–H and O–H groups in total. The van der Waals surface area contributed by atoms with Crippen LogP contribution in [0.1, 0.15) is 29.8 Å². The van der Waals surface area contributed by atoms with Crippen LogP contribution >= 0.6 is 0 Å². The van der Waals surface area contributed by atoms with E-state index in [1.807, 2.05) is 38.1 Å². The minimum Gasteiger partial charge on any atom is -0.334 e. The van der Waals surface area contributed by atoms with Gasteiger partial charge in [0.1, 0.15) is 5.82 Å². The lowest BCUT2D eigenvalue weighted by Gasteiger charge is -2.33. The number of hydrogen-bond donors (Lipinski definition) is 2. The number of pyridine rings is 1. The van der Waals surface area contributed by atoms with Gasteiger partial charge >= 0.3 is 6.03 Å². The number of benzene rings is 1. The number of aromatic nitrogens is 1. The van der Waals surface area contributed by atoms with Crippen molar-refractivity contribution in [3.8, 4) is 0 Å². The summed E-state index contributed by atoms with van der Waals surface area (Å²) in [5.74, 6) is -0.178. The molecule has 0 saturated carbocycles. The third-order valence-electron chi connectivity index (χ3n) is 4.67. The largest absolute Gasteiger partial charge is 0.334 e. The van der Waals surface area contributed by atoms with Crippen molar-refractivity contribution in [3.63, 3.8) is 0 Å². The van der Waals surface area contributed by atoms with Gasteiger partial charge < -0.3 is 10.6 Å². The zero-order chi connectivity index (χ0) is 18.5. The number of carbonyl (C=O) groups excluding carboxylic acids is 1. The number of hydrogen-bond acceptors (Lipinski definition) is 3. The summed E-state index contributed by atoms with van der Waals surface area (Å²) in [6.07, 6.45) is 1.90. The molecule has 0 spiro atoms. The molecule has 1 fully saturated rings. The number of aryl methyl sites for hydroxylation is 2. The second-order valence-corrected chi connectivity index (χ2v) is 6.85. The van der Waals surface area contributed by atoms with Gasteiger partial charge in [-0.15, -0.1) is 0 Å². The van der Waals surface area contributed by atoms with E-state index in [9.17, 15) is 9.18 Å². The zero-order valence-corrected chi connectivity index (χ0v) is 15.3. The number of nitrogens with one attached hydrogen (secondary N) is 2. The lowest BCUT2D eigenvalue weighted by atomic mass is 10.0. The van der Waals surface area contributed by atoms with Crippen LogP contribution in [-0.4, -0.2) is 35.0 Å². The van der Waals surface area contributed by atoms with E-state index in [-0.39, 0.29) is 17.9 Å². The number of nitrogens with zero attached hydrogens (tertiary/aromatic N) is 2. The highest BCUT2D eigenvalue weighted by Crippen LogP contribution is 2.17. The first-order chi connectivity index (χ1) is 12.5. The van der Waals surface area contributed by atoms with Gasteiger partial charge in [-0.3, -0.25) is 9.88 Å².